The Balaban J connectivity index is 1.93. The highest BCUT2D eigenvalue weighted by atomic mass is 16.5. The van der Waals surface area contributed by atoms with E-state index in [1.54, 1.807) is 42.5 Å². The van der Waals surface area contributed by atoms with Crippen molar-refractivity contribution in [1.29, 1.82) is 0 Å². The van der Waals surface area contributed by atoms with Gasteiger partial charge in [0, 0.05) is 23.2 Å². The van der Waals surface area contributed by atoms with Gasteiger partial charge in [0.15, 0.2) is 11.5 Å². The Morgan fingerprint density at radius 2 is 1.93 bits per heavy atom. The van der Waals surface area contributed by atoms with Crippen molar-refractivity contribution < 1.29 is 19.4 Å². The number of rotatable bonds is 10. The van der Waals surface area contributed by atoms with Crippen LogP contribution in [0.2, 0.25) is 0 Å². The van der Waals surface area contributed by atoms with Crippen LogP contribution in [0.25, 0.3) is 0 Å². The van der Waals surface area contributed by atoms with Crippen LogP contribution in [-0.2, 0) is 4.79 Å². The molecule has 2 aromatic rings. The number of carbonyl (C=O) groups excluding carboxylic acids is 2. The summed E-state index contributed by atoms with van der Waals surface area (Å²) >= 11 is 0. The molecule has 0 spiro atoms. The first-order valence-corrected chi connectivity index (χ1v) is 9.64. The summed E-state index contributed by atoms with van der Waals surface area (Å²) in [6.07, 6.45) is 5.93. The number of hydrazone groups is 1. The number of aromatic hydroxyl groups is 1. The largest absolute Gasteiger partial charge is 0.504 e. The van der Waals surface area contributed by atoms with Crippen LogP contribution in [-0.4, -0.2) is 30.2 Å². The highest BCUT2D eigenvalue weighted by Crippen LogP contribution is 2.27. The molecule has 7 heteroatoms. The van der Waals surface area contributed by atoms with Gasteiger partial charge < -0.3 is 15.2 Å². The molecule has 0 aliphatic rings. The van der Waals surface area contributed by atoms with Gasteiger partial charge in [-0.3, -0.25) is 9.59 Å². The lowest BCUT2D eigenvalue weighted by Gasteiger charge is -2.07. The molecule has 3 N–H and O–H groups in total. The van der Waals surface area contributed by atoms with E-state index in [1.807, 2.05) is 0 Å². The quantitative estimate of drug-likeness (QED) is 0.320. The minimum Gasteiger partial charge on any atom is -0.504 e. The van der Waals surface area contributed by atoms with Gasteiger partial charge in [-0.2, -0.15) is 5.10 Å². The van der Waals surface area contributed by atoms with E-state index in [0.29, 0.717) is 29.0 Å². The van der Waals surface area contributed by atoms with Crippen LogP contribution in [0, 0.1) is 0 Å². The zero-order valence-electron chi connectivity index (χ0n) is 16.8. The minimum atomic E-state index is -0.428. The van der Waals surface area contributed by atoms with Gasteiger partial charge in [-0.25, -0.2) is 5.43 Å². The van der Waals surface area contributed by atoms with E-state index in [1.165, 1.54) is 13.3 Å². The van der Waals surface area contributed by atoms with Crippen molar-refractivity contribution in [1.82, 2.24) is 5.43 Å². The smallest absolute Gasteiger partial charge is 0.271 e. The summed E-state index contributed by atoms with van der Waals surface area (Å²) in [6.45, 7) is 2.13. The maximum absolute atomic E-state index is 12.3. The first kappa shape index (κ1) is 21.9. The van der Waals surface area contributed by atoms with Crippen molar-refractivity contribution >= 4 is 23.7 Å². The van der Waals surface area contributed by atoms with Gasteiger partial charge in [0.1, 0.15) is 0 Å². The van der Waals surface area contributed by atoms with E-state index < -0.39 is 5.91 Å². The van der Waals surface area contributed by atoms with Gasteiger partial charge in [0.2, 0.25) is 5.91 Å². The fourth-order valence-electron chi connectivity index (χ4n) is 2.71. The van der Waals surface area contributed by atoms with Gasteiger partial charge in [0.05, 0.1) is 13.3 Å². The van der Waals surface area contributed by atoms with E-state index in [-0.39, 0.29) is 11.7 Å². The number of methoxy groups -OCH3 is 1. The number of anilines is 1. The van der Waals surface area contributed by atoms with E-state index in [9.17, 15) is 14.7 Å². The van der Waals surface area contributed by atoms with Crippen LogP contribution in [0.3, 0.4) is 0 Å². The van der Waals surface area contributed by atoms with Crippen LogP contribution in [0.15, 0.2) is 47.6 Å². The first-order valence-electron chi connectivity index (χ1n) is 9.64. The van der Waals surface area contributed by atoms with Crippen molar-refractivity contribution in [3.63, 3.8) is 0 Å². The lowest BCUT2D eigenvalue weighted by atomic mass is 10.1. The minimum absolute atomic E-state index is 0.0587. The Morgan fingerprint density at radius 1 is 1.14 bits per heavy atom. The number of nitrogens with zero attached hydrogens (tertiary/aromatic N) is 1. The van der Waals surface area contributed by atoms with Crippen molar-refractivity contribution in [3.8, 4) is 11.5 Å². The predicted octanol–water partition coefficient (Wildman–Crippen LogP) is 4.07. The number of para-hydroxylation sites is 1. The zero-order chi connectivity index (χ0) is 21.1. The number of carbonyl (C=O) groups is 2. The van der Waals surface area contributed by atoms with E-state index >= 15 is 0 Å². The third-order valence-corrected chi connectivity index (χ3v) is 4.29. The molecular formula is C22H27N3O4. The molecule has 0 bridgehead atoms. The molecule has 0 aromatic heterocycles. The number of phenols is 1. The number of ether oxygens (including phenoxy) is 1. The number of nitrogens with one attached hydrogen (secondary N) is 2. The molecular weight excluding hydrogens is 370 g/mol. The number of benzene rings is 2. The summed E-state index contributed by atoms with van der Waals surface area (Å²) < 4.78 is 5.03. The fraction of sp³-hybridized carbons (Fsp3) is 0.318. The third-order valence-electron chi connectivity index (χ3n) is 4.29. The Kier molecular flexibility index (Phi) is 8.69. The first-order chi connectivity index (χ1) is 14.0. The SMILES string of the molecule is CCCCCCC(=O)Nc1cccc(C(=O)N/N=C\c2cccc(OC)c2O)c1. The summed E-state index contributed by atoms with van der Waals surface area (Å²) in [5.41, 5.74) is 3.74. The van der Waals surface area contributed by atoms with Crippen molar-refractivity contribution in [3.05, 3.63) is 53.6 Å². The second kappa shape index (κ2) is 11.5. The number of unbranched alkanes of at least 4 members (excludes halogenated alkanes) is 3. The van der Waals surface area contributed by atoms with Crippen LogP contribution in [0.4, 0.5) is 5.69 Å². The standard InChI is InChI=1S/C22H27N3O4/c1-3-4-5-6-13-20(26)24-18-11-7-9-16(14-18)22(28)25-23-15-17-10-8-12-19(29-2)21(17)27/h7-12,14-15,27H,3-6,13H2,1-2H3,(H,24,26)(H,25,28)/b23-15-. The average molecular weight is 397 g/mol. The zero-order valence-corrected chi connectivity index (χ0v) is 16.8. The molecule has 0 aliphatic carbocycles. The van der Waals surface area contributed by atoms with Gasteiger partial charge in [-0.1, -0.05) is 38.3 Å². The summed E-state index contributed by atoms with van der Waals surface area (Å²) in [5.74, 6) is -0.233. The summed E-state index contributed by atoms with van der Waals surface area (Å²) in [7, 11) is 1.45. The Labute approximate surface area is 170 Å². The molecule has 0 saturated heterocycles. The highest BCUT2D eigenvalue weighted by Gasteiger charge is 2.08. The van der Waals surface area contributed by atoms with E-state index in [2.05, 4.69) is 22.8 Å². The second-order valence-electron chi connectivity index (χ2n) is 6.54. The monoisotopic (exact) mass is 397 g/mol. The maximum atomic E-state index is 12.3. The lowest BCUT2D eigenvalue weighted by Crippen LogP contribution is -2.18. The molecule has 29 heavy (non-hydrogen) atoms. The van der Waals surface area contributed by atoms with E-state index in [4.69, 9.17) is 4.74 Å². The molecule has 2 rings (SSSR count). The molecule has 2 aromatic carbocycles. The van der Waals surface area contributed by atoms with Crippen LogP contribution >= 0.6 is 0 Å². The molecule has 154 valence electrons. The average Bonchev–Trinajstić information content (AvgIpc) is 2.72. The molecule has 0 aliphatic heterocycles. The number of amides is 2. The molecule has 0 unspecified atom stereocenters. The van der Waals surface area contributed by atoms with E-state index in [0.717, 1.165) is 25.7 Å². The predicted molar refractivity (Wildman–Crippen MR) is 114 cm³/mol. The Morgan fingerprint density at radius 3 is 2.69 bits per heavy atom. The third kappa shape index (κ3) is 6.95. The summed E-state index contributed by atoms with van der Waals surface area (Å²) in [6, 6.07) is 11.6. The highest BCUT2D eigenvalue weighted by molar-refractivity contribution is 5.97. The molecule has 0 fully saturated rings. The number of phenolic OH excluding ortho intramolecular Hbond substituents is 1. The van der Waals surface area contributed by atoms with Crippen molar-refractivity contribution in [2.24, 2.45) is 5.10 Å². The van der Waals surface area contributed by atoms with Crippen LogP contribution in [0.1, 0.15) is 54.9 Å². The molecule has 0 atom stereocenters. The second-order valence-corrected chi connectivity index (χ2v) is 6.54. The van der Waals surface area contributed by atoms with Gasteiger partial charge in [-0.05, 0) is 36.8 Å². The Hall–Kier alpha value is -3.35. The maximum Gasteiger partial charge on any atom is 0.271 e. The number of hydrogen-bond acceptors (Lipinski definition) is 5. The van der Waals surface area contributed by atoms with Crippen molar-refractivity contribution in [2.45, 2.75) is 39.0 Å². The number of hydrogen-bond donors (Lipinski definition) is 3. The molecule has 2 amide bonds. The molecule has 0 radical (unpaired) electrons. The molecule has 0 heterocycles. The van der Waals surface area contributed by atoms with Crippen LogP contribution < -0.4 is 15.5 Å². The van der Waals surface area contributed by atoms with Gasteiger partial charge in [-0.15, -0.1) is 0 Å². The van der Waals surface area contributed by atoms with Gasteiger partial charge >= 0.3 is 0 Å². The topological polar surface area (TPSA) is 100 Å². The van der Waals surface area contributed by atoms with Crippen LogP contribution in [0.5, 0.6) is 11.5 Å². The van der Waals surface area contributed by atoms with Gasteiger partial charge in [0.25, 0.3) is 5.91 Å². The normalized spacial score (nSPS) is 10.7. The Bertz CT molecular complexity index is 865. The fourth-order valence-corrected chi connectivity index (χ4v) is 2.71. The summed E-state index contributed by atoms with van der Waals surface area (Å²) in [4.78, 5) is 24.3. The van der Waals surface area contributed by atoms with Crippen molar-refractivity contribution in [2.75, 3.05) is 12.4 Å². The lowest BCUT2D eigenvalue weighted by molar-refractivity contribution is -0.116. The molecule has 0 saturated carbocycles. The summed E-state index contributed by atoms with van der Waals surface area (Å²) in [5, 5.41) is 16.7. The molecule has 7 nitrogen and oxygen atoms in total.